The lowest BCUT2D eigenvalue weighted by Gasteiger charge is -2.06. The zero-order chi connectivity index (χ0) is 9.84. The van der Waals surface area contributed by atoms with Gasteiger partial charge >= 0.3 is 0 Å². The van der Waals surface area contributed by atoms with Crippen LogP contribution >= 0.6 is 0 Å². The van der Waals surface area contributed by atoms with E-state index in [0.717, 1.165) is 0 Å². The Morgan fingerprint density at radius 3 is 2.38 bits per heavy atom. The predicted molar refractivity (Wildman–Crippen MR) is 47.1 cm³/mol. The van der Waals surface area contributed by atoms with E-state index in [1.807, 2.05) is 0 Å². The molecular weight excluding hydrogens is 170 g/mol. The van der Waals surface area contributed by atoms with Gasteiger partial charge in [-0.2, -0.15) is 0 Å². The highest BCUT2D eigenvalue weighted by Gasteiger charge is 2.12. The zero-order valence-electron chi connectivity index (χ0n) is 7.23. The number of nitrogens with two attached hydrogens (primary N) is 1. The van der Waals surface area contributed by atoms with Crippen LogP contribution in [0.4, 0.5) is 0 Å². The van der Waals surface area contributed by atoms with Crippen molar-refractivity contribution in [3.63, 3.8) is 0 Å². The molecule has 0 saturated carbocycles. The Kier molecular flexibility index (Phi) is 2.87. The first-order valence-corrected chi connectivity index (χ1v) is 3.76. The molecule has 1 aromatic carbocycles. The minimum Gasteiger partial charge on any atom is -0.497 e. The second-order valence-electron chi connectivity index (χ2n) is 2.58. The highest BCUT2D eigenvalue weighted by atomic mass is 16.5. The second kappa shape index (κ2) is 3.91. The minimum atomic E-state index is -1.24. The molecule has 1 aromatic rings. The zero-order valence-corrected chi connectivity index (χ0v) is 7.23. The van der Waals surface area contributed by atoms with Crippen molar-refractivity contribution in [2.45, 2.75) is 6.10 Å². The fourth-order valence-corrected chi connectivity index (χ4v) is 0.950. The van der Waals surface area contributed by atoms with E-state index >= 15 is 0 Å². The quantitative estimate of drug-likeness (QED) is 0.700. The number of hydrogen-bond acceptors (Lipinski definition) is 3. The lowest BCUT2D eigenvalue weighted by atomic mass is 10.1. The fourth-order valence-electron chi connectivity index (χ4n) is 0.950. The van der Waals surface area contributed by atoms with Gasteiger partial charge in [-0.3, -0.25) is 4.79 Å². The van der Waals surface area contributed by atoms with Crippen LogP contribution in [0.3, 0.4) is 0 Å². The molecule has 0 fully saturated rings. The average molecular weight is 181 g/mol. The van der Waals surface area contributed by atoms with E-state index in [1.165, 1.54) is 0 Å². The predicted octanol–water partition coefficient (Wildman–Crippen LogP) is 0.214. The van der Waals surface area contributed by atoms with Crippen LogP contribution in [0.15, 0.2) is 24.3 Å². The molecule has 0 radical (unpaired) electrons. The summed E-state index contributed by atoms with van der Waals surface area (Å²) in [6.07, 6.45) is -1.24. The number of ether oxygens (including phenoxy) is 1. The Morgan fingerprint density at radius 2 is 2.00 bits per heavy atom. The number of aliphatic hydroxyl groups excluding tert-OH is 1. The molecule has 0 aliphatic rings. The molecule has 0 unspecified atom stereocenters. The van der Waals surface area contributed by atoms with E-state index in [1.54, 1.807) is 31.4 Å². The molecule has 4 nitrogen and oxygen atoms in total. The maximum Gasteiger partial charge on any atom is 0.250 e. The molecule has 13 heavy (non-hydrogen) atoms. The van der Waals surface area contributed by atoms with Gasteiger partial charge in [0.2, 0.25) is 0 Å². The van der Waals surface area contributed by atoms with Crippen molar-refractivity contribution in [3.8, 4) is 5.75 Å². The summed E-state index contributed by atoms with van der Waals surface area (Å²) in [7, 11) is 1.54. The number of rotatable bonds is 3. The lowest BCUT2D eigenvalue weighted by molar-refractivity contribution is -0.126. The molecule has 1 rings (SSSR count). The molecule has 0 spiro atoms. The van der Waals surface area contributed by atoms with Crippen molar-refractivity contribution in [3.05, 3.63) is 29.8 Å². The van der Waals surface area contributed by atoms with E-state index in [4.69, 9.17) is 10.5 Å². The summed E-state index contributed by atoms with van der Waals surface area (Å²) in [5, 5.41) is 9.25. The van der Waals surface area contributed by atoms with Crippen molar-refractivity contribution in [2.75, 3.05) is 7.11 Å². The van der Waals surface area contributed by atoms with Gasteiger partial charge in [0.05, 0.1) is 7.11 Å². The molecule has 0 aliphatic carbocycles. The fraction of sp³-hybridized carbons (Fsp3) is 0.222. The SMILES string of the molecule is COc1ccc([C@H](O)C(N)=O)cc1. The Bertz CT molecular complexity index is 294. The summed E-state index contributed by atoms with van der Waals surface area (Å²) in [4.78, 5) is 10.6. The smallest absolute Gasteiger partial charge is 0.250 e. The van der Waals surface area contributed by atoms with Gasteiger partial charge in [0.15, 0.2) is 6.10 Å². The number of amides is 1. The van der Waals surface area contributed by atoms with Crippen LogP contribution in [0.1, 0.15) is 11.7 Å². The molecular formula is C9H11NO3. The van der Waals surface area contributed by atoms with Gasteiger partial charge in [0.25, 0.3) is 5.91 Å². The summed E-state index contributed by atoms with van der Waals surface area (Å²) >= 11 is 0. The highest BCUT2D eigenvalue weighted by molar-refractivity contribution is 5.80. The maximum atomic E-state index is 10.6. The number of methoxy groups -OCH3 is 1. The molecule has 0 saturated heterocycles. The van der Waals surface area contributed by atoms with Gasteiger partial charge in [-0.1, -0.05) is 12.1 Å². The van der Waals surface area contributed by atoms with Crippen LogP contribution in [0.25, 0.3) is 0 Å². The first-order valence-electron chi connectivity index (χ1n) is 3.76. The van der Waals surface area contributed by atoms with Gasteiger partial charge in [0, 0.05) is 0 Å². The van der Waals surface area contributed by atoms with Crippen LogP contribution in [0.2, 0.25) is 0 Å². The molecule has 0 heterocycles. The van der Waals surface area contributed by atoms with Gasteiger partial charge in [-0.15, -0.1) is 0 Å². The topological polar surface area (TPSA) is 72.6 Å². The molecule has 1 amide bonds. The van der Waals surface area contributed by atoms with Gasteiger partial charge in [-0.25, -0.2) is 0 Å². The highest BCUT2D eigenvalue weighted by Crippen LogP contribution is 2.16. The molecule has 70 valence electrons. The maximum absolute atomic E-state index is 10.6. The molecule has 4 heteroatoms. The normalized spacial score (nSPS) is 12.2. The Labute approximate surface area is 75.9 Å². The molecule has 0 bridgehead atoms. The van der Waals surface area contributed by atoms with E-state index in [-0.39, 0.29) is 0 Å². The second-order valence-corrected chi connectivity index (χ2v) is 2.58. The number of benzene rings is 1. The van der Waals surface area contributed by atoms with Crippen LogP contribution in [-0.4, -0.2) is 18.1 Å². The van der Waals surface area contributed by atoms with Crippen molar-refractivity contribution in [2.24, 2.45) is 5.73 Å². The van der Waals surface area contributed by atoms with Crippen LogP contribution in [0.5, 0.6) is 5.75 Å². The third kappa shape index (κ3) is 2.19. The summed E-state index contributed by atoms with van der Waals surface area (Å²) in [6.45, 7) is 0. The van der Waals surface area contributed by atoms with E-state index < -0.39 is 12.0 Å². The molecule has 0 aromatic heterocycles. The van der Waals surface area contributed by atoms with Crippen molar-refractivity contribution in [1.29, 1.82) is 0 Å². The number of hydrogen-bond donors (Lipinski definition) is 2. The first kappa shape index (κ1) is 9.54. The van der Waals surface area contributed by atoms with Gasteiger partial charge < -0.3 is 15.6 Å². The summed E-state index contributed by atoms with van der Waals surface area (Å²) in [5.41, 5.74) is 5.38. The number of carbonyl (C=O) groups excluding carboxylic acids is 1. The molecule has 3 N–H and O–H groups in total. The van der Waals surface area contributed by atoms with Crippen LogP contribution < -0.4 is 10.5 Å². The van der Waals surface area contributed by atoms with E-state index in [9.17, 15) is 9.90 Å². The third-order valence-corrected chi connectivity index (χ3v) is 1.70. The van der Waals surface area contributed by atoms with Crippen LogP contribution in [-0.2, 0) is 4.79 Å². The number of aliphatic hydroxyl groups is 1. The first-order chi connectivity index (χ1) is 6.15. The van der Waals surface area contributed by atoms with Crippen molar-refractivity contribution < 1.29 is 14.6 Å². The van der Waals surface area contributed by atoms with Crippen molar-refractivity contribution >= 4 is 5.91 Å². The van der Waals surface area contributed by atoms with Crippen LogP contribution in [0, 0.1) is 0 Å². The molecule has 0 aliphatic heterocycles. The monoisotopic (exact) mass is 181 g/mol. The van der Waals surface area contributed by atoms with Crippen molar-refractivity contribution in [1.82, 2.24) is 0 Å². The Balaban J connectivity index is 2.85. The lowest BCUT2D eigenvalue weighted by Crippen LogP contribution is -2.20. The summed E-state index contributed by atoms with van der Waals surface area (Å²) < 4.78 is 4.91. The largest absolute Gasteiger partial charge is 0.497 e. The van der Waals surface area contributed by atoms with Gasteiger partial charge in [0.1, 0.15) is 5.75 Å². The summed E-state index contributed by atoms with van der Waals surface area (Å²) in [5.74, 6) is -0.0920. The average Bonchev–Trinajstić information content (AvgIpc) is 2.17. The summed E-state index contributed by atoms with van der Waals surface area (Å²) in [6, 6.07) is 6.49. The van der Waals surface area contributed by atoms with E-state index in [0.29, 0.717) is 11.3 Å². The minimum absolute atomic E-state index is 0.466. The standard InChI is InChI=1S/C9H11NO3/c1-13-7-4-2-6(3-5-7)8(11)9(10)12/h2-5,8,11H,1H3,(H2,10,12)/t8-/m0/s1. The van der Waals surface area contributed by atoms with E-state index in [2.05, 4.69) is 0 Å². The Hall–Kier alpha value is -1.55. The number of primary amides is 1. The third-order valence-electron chi connectivity index (χ3n) is 1.70. The number of carbonyl (C=O) groups is 1. The molecule has 1 atom stereocenters. The van der Waals surface area contributed by atoms with Gasteiger partial charge in [-0.05, 0) is 17.7 Å². The Morgan fingerprint density at radius 1 is 1.46 bits per heavy atom.